The monoisotopic (exact) mass is 347 g/mol. The van der Waals surface area contributed by atoms with Gasteiger partial charge in [0.15, 0.2) is 0 Å². The lowest BCUT2D eigenvalue weighted by molar-refractivity contribution is -0.118. The fourth-order valence-electron chi connectivity index (χ4n) is 2.44. The lowest BCUT2D eigenvalue weighted by atomic mass is 10.1. The summed E-state index contributed by atoms with van der Waals surface area (Å²) >= 11 is 3.49. The number of aromatic nitrogens is 3. The van der Waals surface area contributed by atoms with Gasteiger partial charge in [-0.1, -0.05) is 15.9 Å². The molecule has 0 bridgehead atoms. The Morgan fingerprint density at radius 3 is 2.95 bits per heavy atom. The second-order valence-electron chi connectivity index (χ2n) is 4.89. The Morgan fingerprint density at radius 2 is 2.19 bits per heavy atom. The summed E-state index contributed by atoms with van der Waals surface area (Å²) in [6.45, 7) is 3.37. The van der Waals surface area contributed by atoms with Crippen LogP contribution >= 0.6 is 15.9 Å². The average Bonchev–Trinajstić information content (AvgIpc) is 2.72. The third kappa shape index (κ3) is 2.61. The van der Waals surface area contributed by atoms with E-state index in [0.717, 1.165) is 39.5 Å². The quantitative estimate of drug-likeness (QED) is 0.803. The molecule has 0 spiro atoms. The Kier molecular flexibility index (Phi) is 3.59. The summed E-state index contributed by atoms with van der Waals surface area (Å²) in [6, 6.07) is 5.99. The van der Waals surface area contributed by atoms with Crippen LogP contribution in [0.5, 0.6) is 0 Å². The Hall–Kier alpha value is -2.02. The highest BCUT2D eigenvalue weighted by Gasteiger charge is 2.22. The van der Waals surface area contributed by atoms with Gasteiger partial charge in [0.05, 0.1) is 11.4 Å². The van der Waals surface area contributed by atoms with Crippen LogP contribution in [0.2, 0.25) is 0 Å². The summed E-state index contributed by atoms with van der Waals surface area (Å²) in [5.74, 6) is 1.57. The van der Waals surface area contributed by atoms with E-state index in [9.17, 15) is 4.79 Å². The minimum Gasteiger partial charge on any atom is -0.283 e. The fraction of sp³-hybridized carbons (Fsp3) is 0.286. The van der Waals surface area contributed by atoms with Crippen LogP contribution in [0.3, 0.4) is 0 Å². The Bertz CT molecular complexity index is 750. The van der Waals surface area contributed by atoms with Crippen LogP contribution < -0.4 is 5.43 Å². The van der Waals surface area contributed by atoms with Crippen LogP contribution in [0.25, 0.3) is 5.69 Å². The largest absolute Gasteiger partial charge is 0.283 e. The van der Waals surface area contributed by atoms with Gasteiger partial charge in [-0.05, 0) is 31.5 Å². The lowest BCUT2D eigenvalue weighted by Crippen LogP contribution is -2.17. The van der Waals surface area contributed by atoms with E-state index in [1.165, 1.54) is 6.92 Å². The number of hydrogen-bond donors (Lipinski definition) is 1. The molecule has 0 fully saturated rings. The average molecular weight is 348 g/mol. The van der Waals surface area contributed by atoms with Crippen molar-refractivity contribution in [1.82, 2.24) is 20.2 Å². The molecule has 2 aromatic rings. The molecule has 1 aliphatic heterocycles. The molecule has 1 amide bonds. The summed E-state index contributed by atoms with van der Waals surface area (Å²) in [5.41, 5.74) is 5.32. The molecule has 3 rings (SSSR count). The van der Waals surface area contributed by atoms with Crippen molar-refractivity contribution in [2.45, 2.75) is 26.7 Å². The van der Waals surface area contributed by atoms with Gasteiger partial charge in [0.25, 0.3) is 0 Å². The number of aryl methyl sites for hydroxylation is 2. The number of hydrogen-bond acceptors (Lipinski definition) is 4. The van der Waals surface area contributed by atoms with Crippen molar-refractivity contribution in [3.63, 3.8) is 0 Å². The van der Waals surface area contributed by atoms with Crippen molar-refractivity contribution >= 4 is 27.5 Å². The van der Waals surface area contributed by atoms with E-state index in [-0.39, 0.29) is 5.91 Å². The molecule has 0 aliphatic carbocycles. The Morgan fingerprint density at radius 1 is 1.38 bits per heavy atom. The minimum atomic E-state index is -0.182. The molecule has 1 aromatic heterocycles. The Labute approximate surface area is 130 Å². The number of nitrogens with zero attached hydrogens (tertiary/aromatic N) is 4. The van der Waals surface area contributed by atoms with Gasteiger partial charge in [0.1, 0.15) is 11.6 Å². The molecule has 2 heterocycles. The van der Waals surface area contributed by atoms with E-state index in [0.29, 0.717) is 6.42 Å². The van der Waals surface area contributed by atoms with Gasteiger partial charge in [-0.25, -0.2) is 5.43 Å². The maximum Gasteiger partial charge on any atom is 0.236 e. The van der Waals surface area contributed by atoms with Crippen LogP contribution in [0, 0.1) is 6.92 Å². The molecule has 1 aliphatic rings. The number of amides is 1. The molecular weight excluding hydrogens is 334 g/mol. The lowest BCUT2D eigenvalue weighted by Gasteiger charge is -2.11. The van der Waals surface area contributed by atoms with Crippen LogP contribution in [0.4, 0.5) is 0 Å². The number of halogens is 1. The van der Waals surface area contributed by atoms with Gasteiger partial charge in [-0.15, -0.1) is 10.2 Å². The van der Waals surface area contributed by atoms with Gasteiger partial charge in [-0.2, -0.15) is 5.10 Å². The van der Waals surface area contributed by atoms with Gasteiger partial charge in [0, 0.05) is 23.4 Å². The summed E-state index contributed by atoms with van der Waals surface area (Å²) < 4.78 is 3.00. The topological polar surface area (TPSA) is 72.2 Å². The number of rotatable bonds is 1. The molecule has 0 saturated heterocycles. The summed E-state index contributed by atoms with van der Waals surface area (Å²) in [4.78, 5) is 11.1. The first-order chi connectivity index (χ1) is 10.1. The highest BCUT2D eigenvalue weighted by Crippen LogP contribution is 2.27. The zero-order valence-electron chi connectivity index (χ0n) is 11.7. The molecule has 0 radical (unpaired) electrons. The van der Waals surface area contributed by atoms with Crippen molar-refractivity contribution < 1.29 is 4.79 Å². The van der Waals surface area contributed by atoms with Crippen LogP contribution in [0.15, 0.2) is 27.8 Å². The number of hydrazone groups is 1. The third-order valence-corrected chi connectivity index (χ3v) is 3.83. The van der Waals surface area contributed by atoms with Crippen molar-refractivity contribution in [1.29, 1.82) is 0 Å². The fourth-order valence-corrected chi connectivity index (χ4v) is 2.80. The van der Waals surface area contributed by atoms with Gasteiger partial charge >= 0.3 is 0 Å². The zero-order chi connectivity index (χ0) is 15.0. The van der Waals surface area contributed by atoms with Gasteiger partial charge in [0.2, 0.25) is 5.91 Å². The molecule has 1 N–H and O–H groups in total. The van der Waals surface area contributed by atoms with E-state index in [2.05, 4.69) is 36.7 Å². The van der Waals surface area contributed by atoms with Crippen LogP contribution in [-0.2, 0) is 11.2 Å². The maximum atomic E-state index is 11.1. The SMILES string of the molecule is CC(=O)NN=C1CCc2nnc(C)n2-c2ccc(Br)cc21. The summed E-state index contributed by atoms with van der Waals surface area (Å²) in [7, 11) is 0. The second kappa shape index (κ2) is 5.40. The summed E-state index contributed by atoms with van der Waals surface area (Å²) in [6.07, 6.45) is 1.42. The predicted molar refractivity (Wildman–Crippen MR) is 82.5 cm³/mol. The number of carbonyl (C=O) groups excluding carboxylic acids is 1. The second-order valence-corrected chi connectivity index (χ2v) is 5.80. The molecule has 108 valence electrons. The molecule has 7 heteroatoms. The molecule has 1 aromatic carbocycles. The van der Waals surface area contributed by atoms with Crippen LogP contribution in [-0.4, -0.2) is 26.4 Å². The minimum absolute atomic E-state index is 0.182. The van der Waals surface area contributed by atoms with Crippen molar-refractivity contribution in [2.24, 2.45) is 5.10 Å². The first-order valence-electron chi connectivity index (χ1n) is 6.60. The van der Waals surface area contributed by atoms with Crippen molar-refractivity contribution in [3.05, 3.63) is 39.9 Å². The van der Waals surface area contributed by atoms with E-state index < -0.39 is 0 Å². The Balaban J connectivity index is 2.19. The summed E-state index contributed by atoms with van der Waals surface area (Å²) in [5, 5.41) is 12.6. The van der Waals surface area contributed by atoms with E-state index in [1.807, 2.05) is 29.7 Å². The number of benzene rings is 1. The van der Waals surface area contributed by atoms with E-state index >= 15 is 0 Å². The highest BCUT2D eigenvalue weighted by molar-refractivity contribution is 9.10. The zero-order valence-corrected chi connectivity index (χ0v) is 13.3. The predicted octanol–water partition coefficient (Wildman–Crippen LogP) is 2.12. The maximum absolute atomic E-state index is 11.1. The number of fused-ring (bicyclic) bond motifs is 3. The smallest absolute Gasteiger partial charge is 0.236 e. The third-order valence-electron chi connectivity index (χ3n) is 3.34. The number of nitrogens with one attached hydrogen (secondary N) is 1. The normalized spacial score (nSPS) is 15.3. The van der Waals surface area contributed by atoms with E-state index in [4.69, 9.17) is 0 Å². The number of carbonyl (C=O) groups is 1. The van der Waals surface area contributed by atoms with Crippen molar-refractivity contribution in [2.75, 3.05) is 0 Å². The standard InChI is InChI=1S/C14H14BrN5O/c1-8-16-19-14-6-4-12(18-17-9(2)21)11-7-10(15)3-5-13(11)20(8)14/h3,5,7H,4,6H2,1-2H3,(H,17,21). The van der Waals surface area contributed by atoms with Gasteiger partial charge < -0.3 is 0 Å². The molecule has 21 heavy (non-hydrogen) atoms. The molecule has 0 atom stereocenters. The molecule has 0 unspecified atom stereocenters. The molecule has 0 saturated carbocycles. The van der Waals surface area contributed by atoms with Gasteiger partial charge in [-0.3, -0.25) is 9.36 Å². The first-order valence-corrected chi connectivity index (χ1v) is 7.40. The molecular formula is C14H14BrN5O. The van der Waals surface area contributed by atoms with E-state index in [1.54, 1.807) is 0 Å². The van der Waals surface area contributed by atoms with Crippen molar-refractivity contribution in [3.8, 4) is 5.69 Å². The highest BCUT2D eigenvalue weighted by atomic mass is 79.9. The first kappa shape index (κ1) is 13.9. The van der Waals surface area contributed by atoms with Crippen LogP contribution in [0.1, 0.15) is 30.6 Å². The molecule has 6 nitrogen and oxygen atoms in total.